The van der Waals surface area contributed by atoms with Crippen LogP contribution in [0.1, 0.15) is 52.7 Å². The highest BCUT2D eigenvalue weighted by atomic mass is 16.7. The van der Waals surface area contributed by atoms with Gasteiger partial charge in [0.15, 0.2) is 0 Å². The first kappa shape index (κ1) is 71.2. The lowest BCUT2D eigenvalue weighted by Gasteiger charge is -2.27. The van der Waals surface area contributed by atoms with Crippen molar-refractivity contribution in [2.75, 3.05) is 132 Å². The van der Waals surface area contributed by atoms with E-state index in [0.29, 0.717) is 24.2 Å². The molecule has 0 spiro atoms. The van der Waals surface area contributed by atoms with E-state index in [1.54, 1.807) is 74.5 Å². The minimum atomic E-state index is -1.76. The van der Waals surface area contributed by atoms with Crippen LogP contribution in [0.25, 0.3) is 0 Å². The Morgan fingerprint density at radius 3 is 1.01 bits per heavy atom. The summed E-state index contributed by atoms with van der Waals surface area (Å²) in [4.78, 5) is 101. The molecule has 0 heterocycles. The van der Waals surface area contributed by atoms with Crippen LogP contribution >= 0.6 is 0 Å². The quantitative estimate of drug-likeness (QED) is 0.0315. The predicted octanol–water partition coefficient (Wildman–Crippen LogP) is 2.16. The van der Waals surface area contributed by atoms with Crippen LogP contribution in [0.4, 0.5) is 19.2 Å². The average Bonchev–Trinajstić information content (AvgIpc) is 3.57. The molecule has 28 nitrogen and oxygen atoms in total. The Morgan fingerprint density at radius 2 is 0.707 bits per heavy atom. The van der Waals surface area contributed by atoms with Gasteiger partial charge in [-0.1, -0.05) is 60.7 Å². The monoisotopic (exact) mass is 1170 g/mol. The highest BCUT2D eigenvalue weighted by molar-refractivity contribution is 5.79. The van der Waals surface area contributed by atoms with Gasteiger partial charge in [0.25, 0.3) is 0 Å². The maximum atomic E-state index is 12.8. The number of rotatable bonds is 41. The zero-order chi connectivity index (χ0) is 60.9. The molecular weight excluding hydrogens is 1090 g/mol. The molecule has 0 saturated carbocycles. The zero-order valence-corrected chi connectivity index (χ0v) is 47.3. The van der Waals surface area contributed by atoms with Gasteiger partial charge in [0.2, 0.25) is 0 Å². The van der Waals surface area contributed by atoms with E-state index in [1.807, 2.05) is 0 Å². The van der Waals surface area contributed by atoms with Crippen molar-refractivity contribution in [1.29, 1.82) is 0 Å². The van der Waals surface area contributed by atoms with Crippen molar-refractivity contribution in [1.82, 2.24) is 10.6 Å². The van der Waals surface area contributed by atoms with E-state index in [0.717, 1.165) is 0 Å². The Kier molecular flexibility index (Phi) is 33.6. The predicted molar refractivity (Wildman–Crippen MR) is 281 cm³/mol. The van der Waals surface area contributed by atoms with Crippen molar-refractivity contribution in [3.8, 4) is 0 Å². The maximum Gasteiger partial charge on any atom is 0.508 e. The van der Waals surface area contributed by atoms with Crippen LogP contribution in [-0.4, -0.2) is 213 Å². The summed E-state index contributed by atoms with van der Waals surface area (Å²) in [5.74, 6) is -3.67. The molecule has 0 amide bonds. The largest absolute Gasteiger partial charge is 0.508 e. The molecule has 2 aromatic rings. The second-order valence-corrected chi connectivity index (χ2v) is 19.4. The first-order valence-corrected chi connectivity index (χ1v) is 26.2. The molecule has 28 heteroatoms. The molecule has 82 heavy (non-hydrogen) atoms. The van der Waals surface area contributed by atoms with Crippen molar-refractivity contribution in [2.24, 2.45) is 21.7 Å². The second-order valence-electron chi connectivity index (χ2n) is 19.4. The molecular formula is C54H80N2O26. The summed E-state index contributed by atoms with van der Waals surface area (Å²) in [5, 5.41) is 46.4. The third-order valence-corrected chi connectivity index (χ3v) is 11.5. The van der Waals surface area contributed by atoms with E-state index in [-0.39, 0.29) is 65.9 Å². The van der Waals surface area contributed by atoms with Crippen LogP contribution in [0.15, 0.2) is 60.7 Å². The van der Waals surface area contributed by atoms with Crippen LogP contribution in [-0.2, 0) is 98.7 Å². The molecule has 462 valence electrons. The highest BCUT2D eigenvalue weighted by Crippen LogP contribution is 2.25. The molecule has 0 aliphatic heterocycles. The summed E-state index contributed by atoms with van der Waals surface area (Å²) >= 11 is 0. The number of carbonyl (C=O) groups excluding carboxylic acids is 8. The van der Waals surface area contributed by atoms with Crippen LogP contribution in [0.5, 0.6) is 0 Å². The van der Waals surface area contributed by atoms with Crippen LogP contribution in [0.3, 0.4) is 0 Å². The van der Waals surface area contributed by atoms with E-state index < -0.39 is 148 Å². The van der Waals surface area contributed by atoms with Gasteiger partial charge < -0.3 is 97.4 Å². The van der Waals surface area contributed by atoms with E-state index in [9.17, 15) is 58.8 Å². The summed E-state index contributed by atoms with van der Waals surface area (Å²) in [5.41, 5.74) is -5.46. The Morgan fingerprint density at radius 1 is 0.415 bits per heavy atom. The summed E-state index contributed by atoms with van der Waals surface area (Å²) < 4.78 is 71.9. The summed E-state index contributed by atoms with van der Waals surface area (Å²) in [7, 11) is 0. The van der Waals surface area contributed by atoms with Crippen molar-refractivity contribution in [3.05, 3.63) is 71.8 Å². The normalized spacial score (nSPS) is 14.7. The maximum absolute atomic E-state index is 12.8. The van der Waals surface area contributed by atoms with Crippen molar-refractivity contribution in [2.45, 2.75) is 67.0 Å². The van der Waals surface area contributed by atoms with Gasteiger partial charge in [0, 0.05) is 26.2 Å². The minimum Gasteiger partial charge on any atom is -0.465 e. The lowest BCUT2D eigenvalue weighted by Crippen LogP contribution is -2.42. The Balaban J connectivity index is 1.58. The first-order chi connectivity index (χ1) is 39.1. The number of hydrogen-bond donors (Lipinski definition) is 6. The topological polar surface area (TPSA) is 371 Å². The second kappa shape index (κ2) is 38.7. The lowest BCUT2D eigenvalue weighted by molar-refractivity contribution is -0.165. The third-order valence-electron chi connectivity index (χ3n) is 11.5. The summed E-state index contributed by atoms with van der Waals surface area (Å²) in [6.45, 7) is 3.15. The Hall–Kier alpha value is -6.92. The van der Waals surface area contributed by atoms with Gasteiger partial charge in [0.05, 0.1) is 52.9 Å². The molecule has 2 aromatic carbocycles. The molecule has 2 rings (SSSR count). The number of carbonyl (C=O) groups is 8. The molecule has 0 aliphatic carbocycles. The molecule has 6 N–H and O–H groups in total. The smallest absolute Gasteiger partial charge is 0.465 e. The number of benzene rings is 2. The number of aliphatic hydroxyl groups is 4. The number of hydrogen-bond acceptors (Lipinski definition) is 28. The average molecular weight is 1170 g/mol. The van der Waals surface area contributed by atoms with Crippen molar-refractivity contribution >= 4 is 48.5 Å². The molecule has 0 radical (unpaired) electrons. The molecule has 0 saturated heterocycles. The third kappa shape index (κ3) is 28.2. The number of ether oxygens (including phenoxy) is 14. The zero-order valence-electron chi connectivity index (χ0n) is 47.3. The molecule has 0 aliphatic rings. The standard InChI is InChI=1S/C54H80N2O26/c1-7-71-45(63)53(5,35-79-47(65)75-27-39-15-11-9-12-16-39)37-81-49(67)77-33-51(3,31-57)43(61)73-29-41(59)25-55-19-21-69-23-24-70-22-20-56-26-42(60)30-74-44(62)52(4,32-58)34-78-50(68)82-38-54(6,46(64)72-8-2)36-80-48(66)76-28-40-17-13-10-14-18-40/h9-18,41-42,55-60H,7-8,19-38H2,1-6H3. The number of nitrogens with one attached hydrogen (secondary N) is 2. The van der Waals surface area contributed by atoms with Gasteiger partial charge in [-0.05, 0) is 52.7 Å². The number of esters is 4. The van der Waals surface area contributed by atoms with Crippen LogP contribution in [0.2, 0.25) is 0 Å². The van der Waals surface area contributed by atoms with E-state index in [2.05, 4.69) is 10.6 Å². The van der Waals surface area contributed by atoms with Crippen LogP contribution in [0, 0.1) is 21.7 Å². The van der Waals surface area contributed by atoms with Gasteiger partial charge >= 0.3 is 48.5 Å². The fraction of sp³-hybridized carbons (Fsp3) is 0.630. The van der Waals surface area contributed by atoms with Gasteiger partial charge in [-0.2, -0.15) is 0 Å². The molecule has 0 fully saturated rings. The van der Waals surface area contributed by atoms with Crippen LogP contribution < -0.4 is 10.6 Å². The number of aliphatic hydroxyl groups excluding tert-OH is 4. The van der Waals surface area contributed by atoms with E-state index >= 15 is 0 Å². The van der Waals surface area contributed by atoms with Gasteiger partial charge in [-0.25, -0.2) is 19.2 Å². The van der Waals surface area contributed by atoms with Gasteiger partial charge in [-0.15, -0.1) is 0 Å². The fourth-order valence-electron chi connectivity index (χ4n) is 6.13. The lowest BCUT2D eigenvalue weighted by atomic mass is 9.93. The minimum absolute atomic E-state index is 0.000354. The van der Waals surface area contributed by atoms with E-state index in [4.69, 9.17) is 66.3 Å². The fourth-order valence-corrected chi connectivity index (χ4v) is 6.13. The van der Waals surface area contributed by atoms with Gasteiger partial charge in [0.1, 0.15) is 99.9 Å². The first-order valence-electron chi connectivity index (χ1n) is 26.2. The summed E-state index contributed by atoms with van der Waals surface area (Å²) in [6.07, 6.45) is -7.11. The van der Waals surface area contributed by atoms with Crippen molar-refractivity contribution < 1.29 is 125 Å². The molecule has 6 atom stereocenters. The van der Waals surface area contributed by atoms with Crippen molar-refractivity contribution in [3.63, 3.8) is 0 Å². The summed E-state index contributed by atoms with van der Waals surface area (Å²) in [6, 6.07) is 17.6. The SMILES string of the molecule is CCOC(=O)C(C)(COC(=O)OCc1ccccc1)COC(=O)OCC(C)(CO)C(=O)OCC(O)CNCCOCCOCCNCC(O)COC(=O)C(C)(CO)COC(=O)OCC(C)(COC(=O)OCc1ccccc1)C(=O)OCC. The Bertz CT molecular complexity index is 2070. The molecule has 0 aromatic heterocycles. The highest BCUT2D eigenvalue weighted by Gasteiger charge is 2.42. The molecule has 0 bridgehead atoms. The van der Waals surface area contributed by atoms with Gasteiger partial charge in [-0.3, -0.25) is 19.2 Å². The van der Waals surface area contributed by atoms with E-state index in [1.165, 1.54) is 27.7 Å². The molecule has 6 unspecified atom stereocenters. The Labute approximate surface area is 475 Å².